The number of amides is 1. The van der Waals surface area contributed by atoms with Gasteiger partial charge in [0.15, 0.2) is 0 Å². The van der Waals surface area contributed by atoms with Crippen LogP contribution in [0.5, 0.6) is 5.88 Å². The fourth-order valence-corrected chi connectivity index (χ4v) is 5.97. The van der Waals surface area contributed by atoms with E-state index in [0.717, 1.165) is 48.6 Å². The van der Waals surface area contributed by atoms with Crippen LogP contribution in [0.15, 0.2) is 42.6 Å². The Labute approximate surface area is 218 Å². The highest BCUT2D eigenvalue weighted by Gasteiger charge is 2.49. The number of benzene rings is 1. The summed E-state index contributed by atoms with van der Waals surface area (Å²) in [7, 11) is 0. The molecule has 10 heteroatoms. The van der Waals surface area contributed by atoms with Gasteiger partial charge in [0.05, 0.1) is 5.69 Å². The molecule has 0 unspecified atom stereocenters. The number of nitrogens with one attached hydrogen (secondary N) is 1. The lowest BCUT2D eigenvalue weighted by Gasteiger charge is -2.34. The number of rotatable bonds is 5. The Morgan fingerprint density at radius 3 is 2.62 bits per heavy atom. The molecule has 194 valence electrons. The Morgan fingerprint density at radius 2 is 1.89 bits per heavy atom. The van der Waals surface area contributed by atoms with Crippen LogP contribution in [0.2, 0.25) is 5.02 Å². The molecule has 1 amide bonds. The minimum Gasteiger partial charge on any atom is -0.474 e. The number of aromatic nitrogens is 4. The zero-order valence-corrected chi connectivity index (χ0v) is 21.0. The molecule has 3 aliphatic rings. The normalized spacial score (nSPS) is 24.8. The molecule has 0 saturated heterocycles. The number of carbonyl (C=O) groups is 1. The minimum atomic E-state index is -2.73. The van der Waals surface area contributed by atoms with Gasteiger partial charge in [0.2, 0.25) is 17.7 Å². The standard InChI is InChI=1S/C27H28ClF2N5O2/c28-19-6-9-22-17(11-19)12-20(32-26(36)18-14-27(29,30)15-18)13-23-33-34-25(35(22)23)16-4-7-21(8-5-16)37-24-3-1-2-10-31-24/h1-3,6,9-11,16,18,20-21H,4-5,7-8,12-15H2,(H,32,36)/t16?,20-,21?/m0/s1. The van der Waals surface area contributed by atoms with Gasteiger partial charge in [0.25, 0.3) is 0 Å². The number of nitrogens with zero attached hydrogens (tertiary/aromatic N) is 4. The van der Waals surface area contributed by atoms with Crippen molar-refractivity contribution in [3.63, 3.8) is 0 Å². The monoisotopic (exact) mass is 527 g/mol. The average Bonchev–Trinajstić information content (AvgIpc) is 3.20. The lowest BCUT2D eigenvalue weighted by molar-refractivity contribution is -0.150. The molecular weight excluding hydrogens is 500 g/mol. The van der Waals surface area contributed by atoms with Gasteiger partial charge < -0.3 is 10.1 Å². The highest BCUT2D eigenvalue weighted by molar-refractivity contribution is 6.30. The third-order valence-corrected chi connectivity index (χ3v) is 7.94. The smallest absolute Gasteiger partial charge is 0.249 e. The second-order valence-electron chi connectivity index (χ2n) is 10.4. The van der Waals surface area contributed by atoms with Crippen LogP contribution >= 0.6 is 11.6 Å². The maximum atomic E-state index is 13.3. The van der Waals surface area contributed by atoms with E-state index in [2.05, 4.69) is 25.1 Å². The van der Waals surface area contributed by atoms with Crippen LogP contribution < -0.4 is 10.1 Å². The quantitative estimate of drug-likeness (QED) is 0.502. The largest absolute Gasteiger partial charge is 0.474 e. The van der Waals surface area contributed by atoms with Crippen molar-refractivity contribution in [1.82, 2.24) is 25.1 Å². The Bertz CT molecular complexity index is 1290. The van der Waals surface area contributed by atoms with E-state index in [-0.39, 0.29) is 36.8 Å². The summed E-state index contributed by atoms with van der Waals surface area (Å²) in [6.07, 6.45) is 5.67. The number of ether oxygens (including phenoxy) is 1. The first kappa shape index (κ1) is 24.3. The summed E-state index contributed by atoms with van der Waals surface area (Å²) in [6, 6.07) is 11.1. The summed E-state index contributed by atoms with van der Waals surface area (Å²) in [4.78, 5) is 16.9. The molecule has 0 radical (unpaired) electrons. The summed E-state index contributed by atoms with van der Waals surface area (Å²) in [5.74, 6) is -1.17. The van der Waals surface area contributed by atoms with Crippen molar-refractivity contribution >= 4 is 17.5 Å². The van der Waals surface area contributed by atoms with Crippen LogP contribution in [0.3, 0.4) is 0 Å². The van der Waals surface area contributed by atoms with Gasteiger partial charge in [-0.2, -0.15) is 0 Å². The van der Waals surface area contributed by atoms with Crippen molar-refractivity contribution in [2.45, 2.75) is 75.4 Å². The van der Waals surface area contributed by atoms with E-state index in [1.54, 1.807) is 6.20 Å². The average molecular weight is 528 g/mol. The molecule has 6 rings (SSSR count). The molecule has 0 bridgehead atoms. The third kappa shape index (κ3) is 5.06. The zero-order chi connectivity index (χ0) is 25.6. The second-order valence-corrected chi connectivity index (χ2v) is 10.9. The van der Waals surface area contributed by atoms with E-state index >= 15 is 0 Å². The first-order chi connectivity index (χ1) is 17.8. The molecule has 2 fully saturated rings. The van der Waals surface area contributed by atoms with Crippen molar-refractivity contribution in [2.75, 3.05) is 0 Å². The maximum absolute atomic E-state index is 13.3. The van der Waals surface area contributed by atoms with Crippen LogP contribution in [-0.4, -0.2) is 43.7 Å². The topological polar surface area (TPSA) is 81.9 Å². The van der Waals surface area contributed by atoms with Crippen LogP contribution in [0.25, 0.3) is 5.69 Å². The number of carbonyl (C=O) groups excluding carboxylic acids is 1. The number of pyridine rings is 1. The summed E-state index contributed by atoms with van der Waals surface area (Å²) < 4.78 is 34.8. The Morgan fingerprint density at radius 1 is 1.08 bits per heavy atom. The van der Waals surface area contributed by atoms with E-state index in [1.807, 2.05) is 36.4 Å². The predicted molar refractivity (Wildman–Crippen MR) is 133 cm³/mol. The Hall–Kier alpha value is -3.07. The third-order valence-electron chi connectivity index (χ3n) is 7.70. The molecular formula is C27H28ClF2N5O2. The summed E-state index contributed by atoms with van der Waals surface area (Å²) >= 11 is 6.34. The summed E-state index contributed by atoms with van der Waals surface area (Å²) in [6.45, 7) is 0. The van der Waals surface area contributed by atoms with Crippen LogP contribution in [-0.2, 0) is 17.6 Å². The van der Waals surface area contributed by atoms with Gasteiger partial charge in [-0.25, -0.2) is 13.8 Å². The van der Waals surface area contributed by atoms with Gasteiger partial charge in [-0.3, -0.25) is 9.36 Å². The van der Waals surface area contributed by atoms with Crippen molar-refractivity contribution in [2.24, 2.45) is 5.92 Å². The highest BCUT2D eigenvalue weighted by atomic mass is 35.5. The number of hydrogen-bond donors (Lipinski definition) is 1. The van der Waals surface area contributed by atoms with Crippen molar-refractivity contribution in [3.05, 3.63) is 64.8 Å². The molecule has 37 heavy (non-hydrogen) atoms. The first-order valence-electron chi connectivity index (χ1n) is 12.8. The molecule has 2 aromatic heterocycles. The molecule has 3 aromatic rings. The first-order valence-corrected chi connectivity index (χ1v) is 13.2. The summed E-state index contributed by atoms with van der Waals surface area (Å²) in [5.41, 5.74) is 1.93. The van der Waals surface area contributed by atoms with Crippen molar-refractivity contribution in [3.8, 4) is 11.6 Å². The molecule has 2 saturated carbocycles. The predicted octanol–water partition coefficient (Wildman–Crippen LogP) is 5.05. The molecule has 1 atom stereocenters. The Balaban J connectivity index is 1.21. The van der Waals surface area contributed by atoms with Gasteiger partial charge in [-0.1, -0.05) is 17.7 Å². The van der Waals surface area contributed by atoms with Crippen LogP contribution in [0.4, 0.5) is 8.78 Å². The molecule has 2 aliphatic carbocycles. The SMILES string of the molecule is O=C(N[C@H]1Cc2cc(Cl)ccc2-n2c(nnc2C2CCC(Oc3ccccn3)CC2)C1)C1CC(F)(F)C1. The molecule has 1 aromatic carbocycles. The molecule has 0 spiro atoms. The van der Waals surface area contributed by atoms with Crippen molar-refractivity contribution in [1.29, 1.82) is 0 Å². The minimum absolute atomic E-state index is 0.113. The van der Waals surface area contributed by atoms with Gasteiger partial charge in [0.1, 0.15) is 17.8 Å². The number of fused-ring (bicyclic) bond motifs is 3. The number of hydrogen-bond acceptors (Lipinski definition) is 5. The fourth-order valence-electron chi connectivity index (χ4n) is 5.78. The molecule has 1 aliphatic heterocycles. The number of alkyl halides is 2. The highest BCUT2D eigenvalue weighted by Crippen LogP contribution is 2.42. The lowest BCUT2D eigenvalue weighted by Crippen LogP contribution is -2.48. The van der Waals surface area contributed by atoms with Gasteiger partial charge in [-0.05, 0) is 61.9 Å². The van der Waals surface area contributed by atoms with Crippen molar-refractivity contribution < 1.29 is 18.3 Å². The lowest BCUT2D eigenvalue weighted by atomic mass is 9.80. The van der Waals surface area contributed by atoms with Crippen LogP contribution in [0.1, 0.15) is 61.7 Å². The second kappa shape index (κ2) is 9.67. The molecule has 7 nitrogen and oxygen atoms in total. The van der Waals surface area contributed by atoms with E-state index in [4.69, 9.17) is 16.3 Å². The molecule has 3 heterocycles. The van der Waals surface area contributed by atoms with Gasteiger partial charge in [0, 0.05) is 54.4 Å². The van der Waals surface area contributed by atoms with Gasteiger partial charge in [-0.15, -0.1) is 10.2 Å². The van der Waals surface area contributed by atoms with E-state index in [0.29, 0.717) is 23.7 Å². The number of halogens is 3. The van der Waals surface area contributed by atoms with Crippen LogP contribution in [0, 0.1) is 5.92 Å². The van der Waals surface area contributed by atoms with E-state index in [1.165, 1.54) is 0 Å². The summed E-state index contributed by atoms with van der Waals surface area (Å²) in [5, 5.41) is 12.7. The maximum Gasteiger partial charge on any atom is 0.249 e. The zero-order valence-electron chi connectivity index (χ0n) is 20.2. The molecule has 1 N–H and O–H groups in total. The Kier molecular flexibility index (Phi) is 6.34. The van der Waals surface area contributed by atoms with E-state index in [9.17, 15) is 13.6 Å². The van der Waals surface area contributed by atoms with E-state index < -0.39 is 11.8 Å². The van der Waals surface area contributed by atoms with Gasteiger partial charge >= 0.3 is 0 Å². The fraction of sp³-hybridized carbons (Fsp3) is 0.481.